The van der Waals surface area contributed by atoms with Crippen molar-refractivity contribution in [3.63, 3.8) is 0 Å². The maximum Gasteiger partial charge on any atom is 0.338 e. The molecule has 0 spiro atoms. The summed E-state index contributed by atoms with van der Waals surface area (Å²) in [6, 6.07) is 8.19. The number of carbonyl (C=O) groups excluding carboxylic acids is 1. The largest absolute Gasteiger partial charge is 0.462 e. The third kappa shape index (κ3) is 1.53. The van der Waals surface area contributed by atoms with Crippen LogP contribution in [0.5, 0.6) is 0 Å². The highest BCUT2D eigenvalue weighted by atomic mass is 16.5. The molecule has 2 heteroatoms. The number of carbonyl (C=O) groups is 1. The van der Waals surface area contributed by atoms with Gasteiger partial charge in [0.2, 0.25) is 0 Å². The maximum atomic E-state index is 11.6. The topological polar surface area (TPSA) is 26.3 Å². The van der Waals surface area contributed by atoms with Crippen LogP contribution < -0.4 is 0 Å². The Hall–Kier alpha value is -2.09. The molecule has 2 aliphatic carbocycles. The van der Waals surface area contributed by atoms with Crippen LogP contribution in [0.4, 0.5) is 0 Å². The Labute approximate surface area is 99.9 Å². The summed E-state index contributed by atoms with van der Waals surface area (Å²) < 4.78 is 5.00. The second-order valence-electron chi connectivity index (χ2n) is 4.07. The quantitative estimate of drug-likeness (QED) is 0.722. The first-order chi connectivity index (χ1) is 8.29. The SMILES string of the molecule is CCOC(=O)C1=CC2=Cc3ccccc3C2=C1. The standard InChI is InChI=1S/C15H12O2/c1-2-17-15(16)12-8-11-7-10-5-3-4-6-13(10)14(11)9-12/h3-9H,2H2,1H3. The Morgan fingerprint density at radius 1 is 1.18 bits per heavy atom. The second kappa shape index (κ2) is 3.74. The van der Waals surface area contributed by atoms with Gasteiger partial charge in [0.25, 0.3) is 0 Å². The van der Waals surface area contributed by atoms with Crippen molar-refractivity contribution < 1.29 is 9.53 Å². The predicted octanol–water partition coefficient (Wildman–Crippen LogP) is 2.97. The fourth-order valence-electron chi connectivity index (χ4n) is 2.25. The van der Waals surface area contributed by atoms with Gasteiger partial charge in [0.1, 0.15) is 0 Å². The van der Waals surface area contributed by atoms with E-state index in [9.17, 15) is 4.79 Å². The zero-order valence-electron chi connectivity index (χ0n) is 9.57. The lowest BCUT2D eigenvalue weighted by Gasteiger charge is -2.00. The average Bonchev–Trinajstić information content (AvgIpc) is 2.86. The number of benzene rings is 1. The molecule has 84 valence electrons. The third-order valence-electron chi connectivity index (χ3n) is 2.99. The Balaban J connectivity index is 1.98. The molecule has 1 aromatic carbocycles. The number of rotatable bonds is 2. The van der Waals surface area contributed by atoms with Crippen molar-refractivity contribution in [2.45, 2.75) is 6.92 Å². The van der Waals surface area contributed by atoms with Crippen LogP contribution in [0.2, 0.25) is 0 Å². The fourth-order valence-corrected chi connectivity index (χ4v) is 2.25. The fraction of sp³-hybridized carbons (Fsp3) is 0.133. The van der Waals surface area contributed by atoms with Gasteiger partial charge >= 0.3 is 5.97 Å². The first-order valence-electron chi connectivity index (χ1n) is 5.71. The lowest BCUT2D eigenvalue weighted by molar-refractivity contribution is -0.138. The van der Waals surface area contributed by atoms with E-state index in [0.717, 1.165) is 11.1 Å². The molecular formula is C15H12O2. The van der Waals surface area contributed by atoms with E-state index in [1.807, 2.05) is 31.2 Å². The Morgan fingerprint density at radius 2 is 2.00 bits per heavy atom. The molecule has 0 fully saturated rings. The van der Waals surface area contributed by atoms with Gasteiger partial charge in [-0.15, -0.1) is 0 Å². The van der Waals surface area contributed by atoms with Crippen molar-refractivity contribution >= 4 is 17.6 Å². The number of hydrogen-bond acceptors (Lipinski definition) is 2. The normalized spacial score (nSPS) is 15.7. The number of hydrogen-bond donors (Lipinski definition) is 0. The molecule has 0 N–H and O–H groups in total. The highest BCUT2D eigenvalue weighted by Gasteiger charge is 2.24. The molecule has 0 saturated heterocycles. The van der Waals surface area contributed by atoms with E-state index in [0.29, 0.717) is 12.2 Å². The van der Waals surface area contributed by atoms with E-state index in [1.165, 1.54) is 11.1 Å². The van der Waals surface area contributed by atoms with Gasteiger partial charge in [0, 0.05) is 0 Å². The summed E-state index contributed by atoms with van der Waals surface area (Å²) >= 11 is 0. The van der Waals surface area contributed by atoms with Crippen LogP contribution in [0.1, 0.15) is 18.1 Å². The van der Waals surface area contributed by atoms with Crippen molar-refractivity contribution in [2.24, 2.45) is 0 Å². The minimum absolute atomic E-state index is 0.243. The van der Waals surface area contributed by atoms with Crippen LogP contribution in [-0.4, -0.2) is 12.6 Å². The van der Waals surface area contributed by atoms with Crippen LogP contribution in [0.25, 0.3) is 11.6 Å². The molecule has 3 rings (SSSR count). The number of ether oxygens (including phenoxy) is 1. The summed E-state index contributed by atoms with van der Waals surface area (Å²) in [6.45, 7) is 2.23. The van der Waals surface area contributed by atoms with E-state index < -0.39 is 0 Å². The molecule has 0 saturated carbocycles. The summed E-state index contributed by atoms with van der Waals surface area (Å²) in [7, 11) is 0. The smallest absolute Gasteiger partial charge is 0.338 e. The van der Waals surface area contributed by atoms with Crippen LogP contribution in [0.3, 0.4) is 0 Å². The third-order valence-corrected chi connectivity index (χ3v) is 2.99. The molecule has 0 atom stereocenters. The van der Waals surface area contributed by atoms with E-state index in [2.05, 4.69) is 18.2 Å². The van der Waals surface area contributed by atoms with Crippen LogP contribution in [0.15, 0.2) is 47.6 Å². The molecule has 0 radical (unpaired) electrons. The molecule has 17 heavy (non-hydrogen) atoms. The zero-order chi connectivity index (χ0) is 11.8. The van der Waals surface area contributed by atoms with Gasteiger partial charge in [0.15, 0.2) is 0 Å². The summed E-state index contributed by atoms with van der Waals surface area (Å²) in [6.07, 6.45) is 5.91. The molecule has 0 aromatic heterocycles. The van der Waals surface area contributed by atoms with Gasteiger partial charge in [-0.25, -0.2) is 4.79 Å². The van der Waals surface area contributed by atoms with E-state index in [4.69, 9.17) is 4.74 Å². The predicted molar refractivity (Wildman–Crippen MR) is 67.1 cm³/mol. The molecular weight excluding hydrogens is 212 g/mol. The molecule has 0 unspecified atom stereocenters. The van der Waals surface area contributed by atoms with Crippen LogP contribution in [0, 0.1) is 0 Å². The molecule has 1 aromatic rings. The lowest BCUT2D eigenvalue weighted by Crippen LogP contribution is -2.04. The minimum Gasteiger partial charge on any atom is -0.462 e. The van der Waals surface area contributed by atoms with Gasteiger partial charge in [-0.1, -0.05) is 24.3 Å². The van der Waals surface area contributed by atoms with Crippen molar-refractivity contribution in [1.82, 2.24) is 0 Å². The summed E-state index contributed by atoms with van der Waals surface area (Å²) in [4.78, 5) is 11.6. The first-order valence-corrected chi connectivity index (χ1v) is 5.71. The number of esters is 1. The minimum atomic E-state index is -0.243. The molecule has 0 heterocycles. The van der Waals surface area contributed by atoms with Crippen molar-refractivity contribution in [3.8, 4) is 0 Å². The summed E-state index contributed by atoms with van der Waals surface area (Å²) in [5, 5.41) is 0. The Kier molecular flexibility index (Phi) is 2.22. The van der Waals surface area contributed by atoms with Crippen LogP contribution >= 0.6 is 0 Å². The van der Waals surface area contributed by atoms with Crippen molar-refractivity contribution in [1.29, 1.82) is 0 Å². The van der Waals surface area contributed by atoms with Crippen molar-refractivity contribution in [2.75, 3.05) is 6.61 Å². The van der Waals surface area contributed by atoms with E-state index >= 15 is 0 Å². The zero-order valence-corrected chi connectivity index (χ0v) is 9.57. The Bertz CT molecular complexity index is 589. The molecule has 0 amide bonds. The number of fused-ring (bicyclic) bond motifs is 3. The van der Waals surface area contributed by atoms with Gasteiger partial charge in [0.05, 0.1) is 12.2 Å². The average molecular weight is 224 g/mol. The van der Waals surface area contributed by atoms with Gasteiger partial charge < -0.3 is 4.74 Å². The summed E-state index contributed by atoms with van der Waals surface area (Å²) in [5.74, 6) is -0.243. The van der Waals surface area contributed by atoms with Gasteiger partial charge in [-0.05, 0) is 47.4 Å². The van der Waals surface area contributed by atoms with Gasteiger partial charge in [-0.3, -0.25) is 0 Å². The van der Waals surface area contributed by atoms with Gasteiger partial charge in [-0.2, -0.15) is 0 Å². The lowest BCUT2D eigenvalue weighted by atomic mass is 10.1. The van der Waals surface area contributed by atoms with Crippen LogP contribution in [-0.2, 0) is 9.53 Å². The first kappa shape index (κ1) is 10.1. The van der Waals surface area contributed by atoms with Crippen molar-refractivity contribution in [3.05, 3.63) is 58.7 Å². The molecule has 2 aliphatic rings. The number of allylic oxidation sites excluding steroid dienone is 3. The van der Waals surface area contributed by atoms with E-state index in [-0.39, 0.29) is 5.97 Å². The molecule has 2 nitrogen and oxygen atoms in total. The highest BCUT2D eigenvalue weighted by molar-refractivity contribution is 6.07. The Morgan fingerprint density at radius 3 is 2.82 bits per heavy atom. The monoisotopic (exact) mass is 224 g/mol. The maximum absolute atomic E-state index is 11.6. The summed E-state index contributed by atoms with van der Waals surface area (Å²) in [5.41, 5.74) is 5.28. The molecule has 0 aliphatic heterocycles. The molecule has 0 bridgehead atoms. The van der Waals surface area contributed by atoms with E-state index in [1.54, 1.807) is 0 Å². The highest BCUT2D eigenvalue weighted by Crippen LogP contribution is 2.40. The second-order valence-corrected chi connectivity index (χ2v) is 4.07.